The fourth-order valence-electron chi connectivity index (χ4n) is 4.97. The van der Waals surface area contributed by atoms with Crippen molar-refractivity contribution in [2.75, 3.05) is 33.8 Å². The number of benzene rings is 4. The van der Waals surface area contributed by atoms with Crippen molar-refractivity contribution in [2.24, 2.45) is 0 Å². The molecule has 0 saturated carbocycles. The predicted molar refractivity (Wildman–Crippen MR) is 134 cm³/mol. The number of carbonyl (C=O) groups excluding carboxylic acids is 1. The van der Waals surface area contributed by atoms with Crippen LogP contribution in [0, 0.1) is 6.92 Å². The fraction of sp³-hybridized carbons (Fsp3) is 0.250. The summed E-state index contributed by atoms with van der Waals surface area (Å²) in [5.74, 6) is 2.36. The van der Waals surface area contributed by atoms with Crippen molar-refractivity contribution in [3.05, 3.63) is 65.2 Å². The zero-order valence-corrected chi connectivity index (χ0v) is 19.9. The maximum absolute atomic E-state index is 12.9. The van der Waals surface area contributed by atoms with Crippen molar-refractivity contribution < 1.29 is 23.7 Å². The molecular formula is C28H27NO5. The highest BCUT2D eigenvalue weighted by molar-refractivity contribution is 6.20. The Kier molecular flexibility index (Phi) is 5.44. The molecule has 0 saturated heterocycles. The molecule has 5 rings (SSSR count). The molecule has 0 bridgehead atoms. The number of aryl methyl sites for hydroxylation is 1. The Morgan fingerprint density at radius 1 is 0.706 bits per heavy atom. The van der Waals surface area contributed by atoms with E-state index in [2.05, 4.69) is 36.5 Å². The molecule has 1 amide bonds. The first-order valence-electron chi connectivity index (χ1n) is 11.1. The number of amides is 1. The van der Waals surface area contributed by atoms with Gasteiger partial charge in [-0.2, -0.15) is 0 Å². The minimum Gasteiger partial charge on any atom is -0.493 e. The molecule has 1 unspecified atom stereocenters. The van der Waals surface area contributed by atoms with Gasteiger partial charge in [0.15, 0.2) is 23.0 Å². The third-order valence-electron chi connectivity index (χ3n) is 6.65. The number of hydrogen-bond donors (Lipinski definition) is 1. The Morgan fingerprint density at radius 3 is 1.71 bits per heavy atom. The lowest BCUT2D eigenvalue weighted by atomic mass is 9.79. The second kappa shape index (κ2) is 8.45. The summed E-state index contributed by atoms with van der Waals surface area (Å²) in [7, 11) is 6.48. The van der Waals surface area contributed by atoms with Crippen molar-refractivity contribution in [3.63, 3.8) is 0 Å². The SMILES string of the molecule is COc1cc2c3c(c4cc(OC)c(OC)cc4c2cc1OC)C(c1ccc(C)cc1)CC(=O)N3. The quantitative estimate of drug-likeness (QED) is 0.383. The molecular weight excluding hydrogens is 430 g/mol. The minimum absolute atomic E-state index is 0.0195. The van der Waals surface area contributed by atoms with E-state index in [-0.39, 0.29) is 11.8 Å². The number of hydrogen-bond acceptors (Lipinski definition) is 5. The predicted octanol–water partition coefficient (Wildman–Crippen LogP) is 5.81. The van der Waals surface area contributed by atoms with Gasteiger partial charge in [-0.25, -0.2) is 0 Å². The van der Waals surface area contributed by atoms with E-state index in [1.54, 1.807) is 28.4 Å². The Hall–Kier alpha value is -3.93. The summed E-state index contributed by atoms with van der Waals surface area (Å²) < 4.78 is 22.5. The van der Waals surface area contributed by atoms with E-state index < -0.39 is 0 Å². The van der Waals surface area contributed by atoms with Gasteiger partial charge in [0.25, 0.3) is 0 Å². The van der Waals surface area contributed by atoms with Gasteiger partial charge >= 0.3 is 0 Å². The average Bonchev–Trinajstić information content (AvgIpc) is 2.87. The molecule has 174 valence electrons. The molecule has 1 N–H and O–H groups in total. The van der Waals surface area contributed by atoms with Gasteiger partial charge in [-0.3, -0.25) is 4.79 Å². The van der Waals surface area contributed by atoms with E-state index in [1.165, 1.54) is 5.56 Å². The van der Waals surface area contributed by atoms with Crippen molar-refractivity contribution >= 4 is 33.1 Å². The second-order valence-corrected chi connectivity index (χ2v) is 8.51. The van der Waals surface area contributed by atoms with Crippen LogP contribution in [0.15, 0.2) is 48.5 Å². The number of rotatable bonds is 5. The zero-order valence-electron chi connectivity index (χ0n) is 19.9. The molecule has 1 heterocycles. The number of carbonyl (C=O) groups is 1. The molecule has 0 spiro atoms. The highest BCUT2D eigenvalue weighted by atomic mass is 16.5. The third kappa shape index (κ3) is 3.37. The number of nitrogens with one attached hydrogen (secondary N) is 1. The summed E-state index contributed by atoms with van der Waals surface area (Å²) in [5, 5.41) is 6.95. The summed E-state index contributed by atoms with van der Waals surface area (Å²) >= 11 is 0. The monoisotopic (exact) mass is 457 g/mol. The van der Waals surface area contributed by atoms with Crippen LogP contribution >= 0.6 is 0 Å². The first kappa shape index (κ1) is 21.9. The van der Waals surface area contributed by atoms with Gasteiger partial charge in [-0.15, -0.1) is 0 Å². The van der Waals surface area contributed by atoms with E-state index in [1.807, 2.05) is 24.3 Å². The minimum atomic E-state index is -0.109. The molecule has 1 aliphatic heterocycles. The first-order valence-corrected chi connectivity index (χ1v) is 11.1. The normalized spacial score (nSPS) is 15.1. The van der Waals surface area contributed by atoms with Crippen molar-refractivity contribution in [2.45, 2.75) is 19.3 Å². The molecule has 0 aromatic heterocycles. The molecule has 6 heteroatoms. The van der Waals surface area contributed by atoms with Gasteiger partial charge in [-0.05, 0) is 58.5 Å². The lowest BCUT2D eigenvalue weighted by Crippen LogP contribution is -2.24. The molecule has 0 fully saturated rings. The second-order valence-electron chi connectivity index (χ2n) is 8.51. The molecule has 0 aliphatic carbocycles. The fourth-order valence-corrected chi connectivity index (χ4v) is 4.97. The van der Waals surface area contributed by atoms with E-state index >= 15 is 0 Å². The molecule has 0 radical (unpaired) electrons. The molecule has 6 nitrogen and oxygen atoms in total. The first-order chi connectivity index (χ1) is 16.5. The summed E-state index contributed by atoms with van der Waals surface area (Å²) in [6.45, 7) is 2.06. The van der Waals surface area contributed by atoms with Crippen molar-refractivity contribution in [1.29, 1.82) is 0 Å². The van der Waals surface area contributed by atoms with Crippen LogP contribution in [0.4, 0.5) is 5.69 Å². The van der Waals surface area contributed by atoms with Gasteiger partial charge in [0.1, 0.15) is 0 Å². The smallest absolute Gasteiger partial charge is 0.225 e. The van der Waals surface area contributed by atoms with Crippen LogP contribution in [-0.2, 0) is 4.79 Å². The van der Waals surface area contributed by atoms with Crippen LogP contribution in [0.2, 0.25) is 0 Å². The highest BCUT2D eigenvalue weighted by Gasteiger charge is 2.31. The summed E-state index contributed by atoms with van der Waals surface area (Å²) in [4.78, 5) is 12.9. The van der Waals surface area contributed by atoms with Crippen LogP contribution in [0.25, 0.3) is 21.5 Å². The van der Waals surface area contributed by atoms with E-state index in [9.17, 15) is 4.79 Å². The lowest BCUT2D eigenvalue weighted by molar-refractivity contribution is -0.116. The molecule has 34 heavy (non-hydrogen) atoms. The summed E-state index contributed by atoms with van der Waals surface area (Å²) in [6, 6.07) is 16.3. The molecule has 1 aliphatic rings. The summed E-state index contributed by atoms with van der Waals surface area (Å²) in [5.41, 5.74) is 4.12. The third-order valence-corrected chi connectivity index (χ3v) is 6.65. The van der Waals surface area contributed by atoms with Gasteiger partial charge in [0.2, 0.25) is 5.91 Å². The van der Waals surface area contributed by atoms with Gasteiger partial charge in [0, 0.05) is 17.7 Å². The van der Waals surface area contributed by atoms with Crippen LogP contribution in [-0.4, -0.2) is 34.3 Å². The van der Waals surface area contributed by atoms with Gasteiger partial charge < -0.3 is 24.3 Å². The number of methoxy groups -OCH3 is 4. The van der Waals surface area contributed by atoms with Crippen molar-refractivity contribution in [1.82, 2.24) is 0 Å². The molecule has 4 aromatic rings. The van der Waals surface area contributed by atoms with Crippen LogP contribution in [0.5, 0.6) is 23.0 Å². The largest absolute Gasteiger partial charge is 0.493 e. The maximum Gasteiger partial charge on any atom is 0.225 e. The average molecular weight is 458 g/mol. The Labute approximate surface area is 198 Å². The number of ether oxygens (including phenoxy) is 4. The van der Waals surface area contributed by atoms with Crippen LogP contribution < -0.4 is 24.3 Å². The lowest BCUT2D eigenvalue weighted by Gasteiger charge is -2.30. The van der Waals surface area contributed by atoms with E-state index in [0.717, 1.165) is 38.4 Å². The van der Waals surface area contributed by atoms with Gasteiger partial charge in [-0.1, -0.05) is 29.8 Å². The molecule has 4 aromatic carbocycles. The standard InChI is InChI=1S/C28H27NO5/c1-15-6-8-16(9-7-15)17-14-26(30)29-28-21-13-25(34-5)23(32-3)11-19(21)18-10-22(31-2)24(33-4)12-20(18)27(17)28/h6-13,17H,14H2,1-5H3,(H,29,30). The number of anilines is 1. The van der Waals surface area contributed by atoms with E-state index in [0.29, 0.717) is 29.4 Å². The highest BCUT2D eigenvalue weighted by Crippen LogP contribution is 2.50. The number of fused-ring (bicyclic) bond motifs is 6. The Balaban J connectivity index is 1.95. The maximum atomic E-state index is 12.9. The van der Waals surface area contributed by atoms with Gasteiger partial charge in [0.05, 0.1) is 34.1 Å². The Morgan fingerprint density at radius 2 is 1.18 bits per heavy atom. The molecule has 1 atom stereocenters. The summed E-state index contributed by atoms with van der Waals surface area (Å²) in [6.07, 6.45) is 0.359. The van der Waals surface area contributed by atoms with Crippen LogP contribution in [0.3, 0.4) is 0 Å². The van der Waals surface area contributed by atoms with Crippen molar-refractivity contribution in [3.8, 4) is 23.0 Å². The zero-order chi connectivity index (χ0) is 24.0. The van der Waals surface area contributed by atoms with Crippen LogP contribution in [0.1, 0.15) is 29.0 Å². The Bertz CT molecular complexity index is 1430. The topological polar surface area (TPSA) is 66.0 Å². The van der Waals surface area contributed by atoms with E-state index in [4.69, 9.17) is 18.9 Å².